The second-order valence-electron chi connectivity index (χ2n) is 2.96. The molecule has 104 valence electrons. The normalized spacial score (nSPS) is 20.7. The van der Waals surface area contributed by atoms with Crippen molar-refractivity contribution in [2.45, 2.75) is 36.6 Å². The predicted molar refractivity (Wildman–Crippen MR) is 40.2 cm³/mol. The minimum atomic E-state index is -5.93. The van der Waals surface area contributed by atoms with Crippen molar-refractivity contribution in [3.63, 3.8) is 0 Å². The number of rotatable bonds is 6. The number of halogens is 7. The molecule has 0 aromatic rings. The summed E-state index contributed by atoms with van der Waals surface area (Å²) in [5.41, 5.74) is -4.00. The Kier molecular flexibility index (Phi) is 9.07. The number of hydrogen-bond donors (Lipinski definition) is 0. The van der Waals surface area contributed by atoms with Crippen molar-refractivity contribution in [2.75, 3.05) is 0 Å². The van der Waals surface area contributed by atoms with Gasteiger partial charge in [-0.25, -0.2) is 39.2 Å². The van der Waals surface area contributed by atoms with Crippen molar-refractivity contribution in [3.05, 3.63) is 0 Å². The van der Waals surface area contributed by atoms with Crippen LogP contribution in [-0.2, 0) is 10.1 Å². The Bertz CT molecular complexity index is 340. The molecule has 0 heterocycles. The van der Waals surface area contributed by atoms with Crippen molar-refractivity contribution in [3.8, 4) is 0 Å². The summed E-state index contributed by atoms with van der Waals surface area (Å²) < 4.78 is 115. The van der Waals surface area contributed by atoms with E-state index in [1.165, 1.54) is 0 Å². The van der Waals surface area contributed by atoms with Gasteiger partial charge in [-0.3, -0.25) is 0 Å². The summed E-state index contributed by atoms with van der Waals surface area (Å²) in [7, 11) is -5.93. The zero-order chi connectivity index (χ0) is 14.0. The summed E-state index contributed by atoms with van der Waals surface area (Å²) in [4.78, 5) is 0. The van der Waals surface area contributed by atoms with E-state index < -0.39 is 46.7 Å². The van der Waals surface area contributed by atoms with E-state index >= 15 is 0 Å². The van der Waals surface area contributed by atoms with Crippen LogP contribution < -0.4 is 29.6 Å². The molecule has 0 bridgehead atoms. The Hall–Kier alpha value is 0.420. The minimum absolute atomic E-state index is 0. The second kappa shape index (κ2) is 7.88. The van der Waals surface area contributed by atoms with E-state index in [4.69, 9.17) is 0 Å². The summed E-state index contributed by atoms with van der Waals surface area (Å²) in [6, 6.07) is 0. The van der Waals surface area contributed by atoms with Crippen molar-refractivity contribution >= 4 is 10.1 Å². The van der Waals surface area contributed by atoms with E-state index in [0.717, 1.165) is 0 Å². The van der Waals surface area contributed by atoms with Gasteiger partial charge in [0, 0.05) is 0 Å². The molecule has 3 nitrogen and oxygen atoms in total. The van der Waals surface area contributed by atoms with Crippen LogP contribution >= 0.6 is 0 Å². The largest absolute Gasteiger partial charge is 1.00 e. The van der Waals surface area contributed by atoms with E-state index in [9.17, 15) is 43.7 Å². The zero-order valence-corrected chi connectivity index (χ0v) is 11.6. The number of alkyl halides is 7. The van der Waals surface area contributed by atoms with Crippen LogP contribution in [0.1, 0.15) is 0 Å². The average Bonchev–Trinajstić information content (AvgIpc) is 2.22. The van der Waals surface area contributed by atoms with E-state index in [1.807, 2.05) is 0 Å². The maximum absolute atomic E-state index is 12.6. The van der Waals surface area contributed by atoms with E-state index in [0.29, 0.717) is 0 Å². The van der Waals surface area contributed by atoms with Crippen LogP contribution in [0.2, 0.25) is 0 Å². The third-order valence-corrected chi connectivity index (χ3v) is 2.49. The van der Waals surface area contributed by atoms with Gasteiger partial charge in [0.2, 0.25) is 5.50 Å². The van der Waals surface area contributed by atoms with Crippen molar-refractivity contribution in [1.82, 2.24) is 0 Å². The molecule has 18 heavy (non-hydrogen) atoms. The first-order valence-electron chi connectivity index (χ1n) is 3.93. The first-order chi connectivity index (χ1) is 7.50. The van der Waals surface area contributed by atoms with Crippen molar-refractivity contribution < 1.29 is 73.3 Å². The fraction of sp³-hybridized carbons (Fsp3) is 1.00. The van der Waals surface area contributed by atoms with Crippen molar-refractivity contribution in [2.24, 2.45) is 0 Å². The molecule has 0 N–H and O–H groups in total. The summed E-state index contributed by atoms with van der Waals surface area (Å²) in [6.07, 6.45) is -19.3. The van der Waals surface area contributed by atoms with Crippen LogP contribution in [-0.4, -0.2) is 49.6 Å². The molecule has 0 aliphatic rings. The molecule has 0 saturated carbocycles. The van der Waals surface area contributed by atoms with Crippen LogP contribution in [0.5, 0.6) is 0 Å². The van der Waals surface area contributed by atoms with Crippen LogP contribution in [0.3, 0.4) is 0 Å². The van der Waals surface area contributed by atoms with Gasteiger partial charge < -0.3 is 4.55 Å². The van der Waals surface area contributed by atoms with Crippen molar-refractivity contribution in [1.29, 1.82) is 0 Å². The summed E-state index contributed by atoms with van der Waals surface area (Å²) in [5.74, 6) is 0. The van der Waals surface area contributed by atoms with Crippen LogP contribution in [0.4, 0.5) is 30.7 Å². The zero-order valence-electron chi connectivity index (χ0n) is 8.74. The molecule has 0 spiro atoms. The van der Waals surface area contributed by atoms with Gasteiger partial charge in [0.25, 0.3) is 6.43 Å². The van der Waals surface area contributed by atoms with Gasteiger partial charge in [-0.15, -0.1) is 0 Å². The molecule has 12 heteroatoms. The van der Waals surface area contributed by atoms with Crippen LogP contribution in [0.25, 0.3) is 0 Å². The standard InChI is InChI=1S/C6H7F7O3S.Na/c7-1(3(9)5(11)12)2(8)4(10)6(13)17(14,15)16;/h1-6H,(H,14,15,16);/q;+1/p-1. The Morgan fingerprint density at radius 3 is 1.33 bits per heavy atom. The third-order valence-electron chi connectivity index (χ3n) is 1.68. The van der Waals surface area contributed by atoms with Gasteiger partial charge >= 0.3 is 29.6 Å². The van der Waals surface area contributed by atoms with Gasteiger partial charge in [0.1, 0.15) is 10.1 Å². The Morgan fingerprint density at radius 1 is 0.722 bits per heavy atom. The maximum Gasteiger partial charge on any atom is 1.00 e. The average molecular weight is 314 g/mol. The fourth-order valence-corrected chi connectivity index (χ4v) is 1.26. The third kappa shape index (κ3) is 5.59. The van der Waals surface area contributed by atoms with Gasteiger partial charge in [-0.05, 0) is 0 Å². The second-order valence-corrected chi connectivity index (χ2v) is 4.39. The molecule has 0 rings (SSSR count). The minimum Gasteiger partial charge on any atom is -0.746 e. The molecule has 0 aromatic carbocycles. The monoisotopic (exact) mass is 314 g/mol. The summed E-state index contributed by atoms with van der Waals surface area (Å²) in [6.45, 7) is 0. The molecule has 0 radical (unpaired) electrons. The quantitative estimate of drug-likeness (QED) is 0.339. The Labute approximate surface area is 120 Å². The molecular weight excluding hydrogens is 308 g/mol. The van der Waals surface area contributed by atoms with Gasteiger partial charge in [-0.2, -0.15) is 0 Å². The van der Waals surface area contributed by atoms with E-state index in [1.54, 1.807) is 0 Å². The summed E-state index contributed by atoms with van der Waals surface area (Å²) >= 11 is 0. The first-order valence-corrected chi connectivity index (χ1v) is 5.40. The molecule has 0 aliphatic carbocycles. The Morgan fingerprint density at radius 2 is 1.06 bits per heavy atom. The topological polar surface area (TPSA) is 57.2 Å². The SMILES string of the molecule is O=S(=O)([O-])C(F)C(F)C(F)C(F)C(F)C(F)F.[Na+]. The van der Waals surface area contributed by atoms with Gasteiger partial charge in [-0.1, -0.05) is 0 Å². The first kappa shape index (κ1) is 20.7. The molecule has 0 aliphatic heterocycles. The molecule has 0 aromatic heterocycles. The van der Waals surface area contributed by atoms with Crippen LogP contribution in [0.15, 0.2) is 0 Å². The Balaban J connectivity index is 0. The molecule has 5 unspecified atom stereocenters. The molecular formula is C6H6F7NaO3S. The van der Waals surface area contributed by atoms with Crippen LogP contribution in [0, 0.1) is 0 Å². The number of hydrogen-bond acceptors (Lipinski definition) is 3. The summed E-state index contributed by atoms with van der Waals surface area (Å²) in [5, 5.41) is 0. The molecule has 0 saturated heterocycles. The maximum atomic E-state index is 12.6. The van der Waals surface area contributed by atoms with Gasteiger partial charge in [0.05, 0.1) is 0 Å². The molecule has 0 amide bonds. The predicted octanol–water partition coefficient (Wildman–Crippen LogP) is -1.55. The van der Waals surface area contributed by atoms with Gasteiger partial charge in [0.15, 0.2) is 24.7 Å². The molecule has 5 atom stereocenters. The fourth-order valence-electron chi connectivity index (χ4n) is 0.794. The smallest absolute Gasteiger partial charge is 0.746 e. The molecule has 0 fully saturated rings. The van der Waals surface area contributed by atoms with E-state index in [2.05, 4.69) is 0 Å². The van der Waals surface area contributed by atoms with E-state index in [-0.39, 0.29) is 29.6 Å².